The molecule has 2 aromatic rings. The highest BCUT2D eigenvalue weighted by atomic mass is 16.5. The smallest absolute Gasteiger partial charge is 0.321 e. The number of benzene rings is 2. The number of hydrogen-bond acceptors (Lipinski definition) is 3. The Bertz CT molecular complexity index is 788. The number of hydrogen-bond donors (Lipinski definition) is 2. The van der Waals surface area contributed by atoms with Crippen LogP contribution in [0.1, 0.15) is 25.8 Å². The van der Waals surface area contributed by atoms with Gasteiger partial charge in [0.15, 0.2) is 0 Å². The predicted octanol–water partition coefficient (Wildman–Crippen LogP) is 4.52. The van der Waals surface area contributed by atoms with Crippen LogP contribution in [-0.4, -0.2) is 37.0 Å². The van der Waals surface area contributed by atoms with Crippen LogP contribution in [0.3, 0.4) is 0 Å². The number of nitrogens with zero attached hydrogens (tertiary/aromatic N) is 1. The second-order valence-corrected chi connectivity index (χ2v) is 7.19. The summed E-state index contributed by atoms with van der Waals surface area (Å²) in [5, 5.41) is 5.68. The van der Waals surface area contributed by atoms with Gasteiger partial charge in [0, 0.05) is 24.8 Å². The fraction of sp³-hybridized carbons (Fsp3) is 0.364. The lowest BCUT2D eigenvalue weighted by molar-refractivity contribution is -0.116. The lowest BCUT2D eigenvalue weighted by atomic mass is 10.1. The average Bonchev–Trinajstić information content (AvgIpc) is 2.64. The van der Waals surface area contributed by atoms with Crippen molar-refractivity contribution in [2.24, 2.45) is 5.92 Å². The maximum absolute atomic E-state index is 12.3. The van der Waals surface area contributed by atoms with Gasteiger partial charge in [-0.05, 0) is 48.7 Å². The van der Waals surface area contributed by atoms with Crippen LogP contribution < -0.4 is 15.4 Å². The largest absolute Gasteiger partial charge is 0.491 e. The molecule has 0 radical (unpaired) electrons. The number of amides is 3. The third-order valence-electron chi connectivity index (χ3n) is 4.14. The van der Waals surface area contributed by atoms with Gasteiger partial charge in [0.25, 0.3) is 0 Å². The Kier molecular flexibility index (Phi) is 7.87. The van der Waals surface area contributed by atoms with Gasteiger partial charge in [-0.2, -0.15) is 0 Å². The number of para-hydroxylation sites is 1. The minimum absolute atomic E-state index is 0.0137. The van der Waals surface area contributed by atoms with Crippen molar-refractivity contribution in [2.45, 2.75) is 27.2 Å². The van der Waals surface area contributed by atoms with Gasteiger partial charge in [0.05, 0.1) is 6.54 Å². The normalized spacial score (nSPS) is 10.5. The first-order valence-corrected chi connectivity index (χ1v) is 9.45. The highest BCUT2D eigenvalue weighted by Crippen LogP contribution is 2.17. The number of rotatable bonds is 8. The molecule has 0 saturated carbocycles. The molecule has 6 nitrogen and oxygen atoms in total. The minimum atomic E-state index is -0.218. The van der Waals surface area contributed by atoms with Crippen LogP contribution in [0.4, 0.5) is 16.2 Å². The Hall–Kier alpha value is -3.02. The van der Waals surface area contributed by atoms with Gasteiger partial charge in [-0.1, -0.05) is 32.0 Å². The summed E-state index contributed by atoms with van der Waals surface area (Å²) in [6.07, 6.45) is 0.480. The molecule has 0 bridgehead atoms. The van der Waals surface area contributed by atoms with E-state index in [9.17, 15) is 9.59 Å². The first-order chi connectivity index (χ1) is 13.3. The van der Waals surface area contributed by atoms with Crippen LogP contribution in [0.5, 0.6) is 5.75 Å². The zero-order chi connectivity index (χ0) is 20.5. The number of urea groups is 1. The predicted molar refractivity (Wildman–Crippen MR) is 113 cm³/mol. The SMILES string of the molecule is Cc1ccccc1OCCN(C)C(=O)Nc1ccc(NC(=O)CC(C)C)cc1. The van der Waals surface area contributed by atoms with Crippen molar-refractivity contribution in [2.75, 3.05) is 30.8 Å². The molecule has 0 aliphatic rings. The van der Waals surface area contributed by atoms with E-state index in [1.807, 2.05) is 45.0 Å². The van der Waals surface area contributed by atoms with E-state index < -0.39 is 0 Å². The van der Waals surface area contributed by atoms with E-state index in [2.05, 4.69) is 10.6 Å². The van der Waals surface area contributed by atoms with Crippen molar-refractivity contribution in [3.63, 3.8) is 0 Å². The topological polar surface area (TPSA) is 70.7 Å². The summed E-state index contributed by atoms with van der Waals surface area (Å²) in [7, 11) is 1.72. The lowest BCUT2D eigenvalue weighted by Gasteiger charge is -2.19. The summed E-state index contributed by atoms with van der Waals surface area (Å²) in [5.41, 5.74) is 2.44. The molecule has 0 aliphatic carbocycles. The van der Waals surface area contributed by atoms with Gasteiger partial charge >= 0.3 is 6.03 Å². The number of carbonyl (C=O) groups excluding carboxylic acids is 2. The Morgan fingerprint density at radius 2 is 1.61 bits per heavy atom. The van der Waals surface area contributed by atoms with Crippen molar-refractivity contribution >= 4 is 23.3 Å². The molecule has 0 saturated heterocycles. The van der Waals surface area contributed by atoms with Crippen molar-refractivity contribution in [1.29, 1.82) is 0 Å². The molecule has 2 aromatic carbocycles. The molecule has 0 aliphatic heterocycles. The second-order valence-electron chi connectivity index (χ2n) is 7.19. The molecular weight excluding hydrogens is 354 g/mol. The minimum Gasteiger partial charge on any atom is -0.491 e. The van der Waals surface area contributed by atoms with Crippen LogP contribution in [0, 0.1) is 12.8 Å². The number of ether oxygens (including phenoxy) is 1. The van der Waals surface area contributed by atoms with Gasteiger partial charge in [-0.25, -0.2) is 4.79 Å². The van der Waals surface area contributed by atoms with E-state index in [0.717, 1.165) is 11.3 Å². The summed E-state index contributed by atoms with van der Waals surface area (Å²) in [4.78, 5) is 25.7. The molecule has 2 rings (SSSR count). The molecule has 0 atom stereocenters. The summed E-state index contributed by atoms with van der Waals surface area (Å²) < 4.78 is 5.73. The first-order valence-electron chi connectivity index (χ1n) is 9.45. The van der Waals surface area contributed by atoms with Crippen molar-refractivity contribution in [1.82, 2.24) is 4.90 Å². The van der Waals surface area contributed by atoms with Crippen LogP contribution in [0.15, 0.2) is 48.5 Å². The molecule has 0 unspecified atom stereocenters. The van der Waals surface area contributed by atoms with Crippen LogP contribution >= 0.6 is 0 Å². The van der Waals surface area contributed by atoms with E-state index in [1.54, 1.807) is 36.2 Å². The Balaban J connectivity index is 1.78. The average molecular weight is 383 g/mol. The van der Waals surface area contributed by atoms with Crippen LogP contribution in [0.25, 0.3) is 0 Å². The van der Waals surface area contributed by atoms with E-state index in [4.69, 9.17) is 4.74 Å². The number of carbonyl (C=O) groups is 2. The van der Waals surface area contributed by atoms with E-state index in [1.165, 1.54) is 0 Å². The van der Waals surface area contributed by atoms with Crippen LogP contribution in [-0.2, 0) is 4.79 Å². The summed E-state index contributed by atoms with van der Waals surface area (Å²) in [6, 6.07) is 14.6. The van der Waals surface area contributed by atoms with Crippen molar-refractivity contribution in [3.8, 4) is 5.75 Å². The number of anilines is 2. The van der Waals surface area contributed by atoms with Gasteiger partial charge in [-0.15, -0.1) is 0 Å². The maximum atomic E-state index is 12.3. The number of likely N-dealkylation sites (N-methyl/N-ethyl adjacent to an activating group) is 1. The highest BCUT2D eigenvalue weighted by molar-refractivity contribution is 5.92. The van der Waals surface area contributed by atoms with Gasteiger partial charge < -0.3 is 20.3 Å². The molecule has 0 heterocycles. The molecule has 3 amide bonds. The zero-order valence-electron chi connectivity index (χ0n) is 17.0. The van der Waals surface area contributed by atoms with Crippen molar-refractivity contribution < 1.29 is 14.3 Å². The molecule has 28 heavy (non-hydrogen) atoms. The van der Waals surface area contributed by atoms with E-state index in [-0.39, 0.29) is 11.9 Å². The lowest BCUT2D eigenvalue weighted by Crippen LogP contribution is -2.34. The summed E-state index contributed by atoms with van der Waals surface area (Å²) in [6.45, 7) is 6.86. The van der Waals surface area contributed by atoms with Gasteiger partial charge in [-0.3, -0.25) is 4.79 Å². The molecule has 0 spiro atoms. The van der Waals surface area contributed by atoms with E-state index >= 15 is 0 Å². The molecule has 2 N–H and O–H groups in total. The number of nitrogens with one attached hydrogen (secondary N) is 2. The molecule has 0 fully saturated rings. The standard InChI is InChI=1S/C22H29N3O3/c1-16(2)15-21(26)23-18-9-11-19(12-10-18)24-22(27)25(4)13-14-28-20-8-6-5-7-17(20)3/h5-12,16H,13-15H2,1-4H3,(H,23,26)(H,24,27). The Labute approximate surface area is 166 Å². The Morgan fingerprint density at radius 3 is 2.21 bits per heavy atom. The van der Waals surface area contributed by atoms with Crippen LogP contribution in [0.2, 0.25) is 0 Å². The molecule has 6 heteroatoms. The van der Waals surface area contributed by atoms with Gasteiger partial charge in [0.1, 0.15) is 12.4 Å². The zero-order valence-corrected chi connectivity index (χ0v) is 17.0. The maximum Gasteiger partial charge on any atom is 0.321 e. The molecule has 150 valence electrons. The fourth-order valence-electron chi connectivity index (χ4n) is 2.55. The molecular formula is C22H29N3O3. The molecule has 0 aromatic heterocycles. The second kappa shape index (κ2) is 10.3. The Morgan fingerprint density at radius 1 is 1.00 bits per heavy atom. The monoisotopic (exact) mass is 383 g/mol. The quantitative estimate of drug-likeness (QED) is 0.704. The van der Waals surface area contributed by atoms with E-state index in [0.29, 0.717) is 36.9 Å². The first kappa shape index (κ1) is 21.3. The highest BCUT2D eigenvalue weighted by Gasteiger charge is 2.10. The third kappa shape index (κ3) is 6.95. The summed E-state index contributed by atoms with van der Waals surface area (Å²) >= 11 is 0. The third-order valence-corrected chi connectivity index (χ3v) is 4.14. The number of aryl methyl sites for hydroxylation is 1. The summed E-state index contributed by atoms with van der Waals surface area (Å²) in [5.74, 6) is 1.12. The van der Waals surface area contributed by atoms with Crippen molar-refractivity contribution in [3.05, 3.63) is 54.1 Å². The van der Waals surface area contributed by atoms with Gasteiger partial charge in [0.2, 0.25) is 5.91 Å². The fourth-order valence-corrected chi connectivity index (χ4v) is 2.55.